The van der Waals surface area contributed by atoms with E-state index in [9.17, 15) is 4.79 Å². The maximum Gasteiger partial charge on any atom is 0.230 e. The van der Waals surface area contributed by atoms with E-state index in [4.69, 9.17) is 0 Å². The summed E-state index contributed by atoms with van der Waals surface area (Å²) in [5.41, 5.74) is 2.49. The lowest BCUT2D eigenvalue weighted by molar-refractivity contribution is -0.165. The molecule has 1 aromatic rings. The van der Waals surface area contributed by atoms with Crippen molar-refractivity contribution in [1.29, 1.82) is 0 Å². The van der Waals surface area contributed by atoms with Crippen molar-refractivity contribution in [2.75, 3.05) is 5.32 Å². The highest BCUT2D eigenvalue weighted by molar-refractivity contribution is 5.96. The number of aryl methyl sites for hydroxylation is 1. The molecule has 4 bridgehead atoms. The van der Waals surface area contributed by atoms with E-state index < -0.39 is 0 Å². The van der Waals surface area contributed by atoms with Gasteiger partial charge in [0.05, 0.1) is 23.0 Å². The summed E-state index contributed by atoms with van der Waals surface area (Å²) >= 11 is 0. The number of hydrogen-bond donors (Lipinski definition) is 1. The Morgan fingerprint density at radius 2 is 1.86 bits per heavy atom. The Balaban J connectivity index is 1.64. The van der Waals surface area contributed by atoms with E-state index in [2.05, 4.69) is 24.3 Å². The van der Waals surface area contributed by atoms with Gasteiger partial charge in [0.15, 0.2) is 0 Å². The van der Waals surface area contributed by atoms with Crippen molar-refractivity contribution in [3.05, 3.63) is 11.9 Å². The molecule has 0 radical (unpaired) electrons. The number of carbonyl (C=O) groups excluding carboxylic acids is 1. The van der Waals surface area contributed by atoms with Gasteiger partial charge >= 0.3 is 0 Å². The van der Waals surface area contributed by atoms with Gasteiger partial charge in [0.25, 0.3) is 0 Å². The number of anilines is 1. The first kappa shape index (κ1) is 14.3. The summed E-state index contributed by atoms with van der Waals surface area (Å²) in [5, 5.41) is 7.45. The second-order valence-corrected chi connectivity index (χ2v) is 9.13. The molecule has 0 aromatic carbocycles. The standard InChI is InChI=1S/C18H27N3O/c1-12-14(8-19-21(12)4)20-15(22)18-7-13-5-16(2,10-18)9-17(3,6-13)11-18/h8,13H,5-7,9-11H2,1-4H3,(H,20,22). The highest BCUT2D eigenvalue weighted by Crippen LogP contribution is 2.69. The molecule has 1 aromatic heterocycles. The van der Waals surface area contributed by atoms with Crippen LogP contribution in [-0.4, -0.2) is 15.7 Å². The molecule has 4 nitrogen and oxygen atoms in total. The minimum Gasteiger partial charge on any atom is -0.323 e. The van der Waals surface area contributed by atoms with Gasteiger partial charge in [-0.15, -0.1) is 0 Å². The van der Waals surface area contributed by atoms with Gasteiger partial charge in [0.1, 0.15) is 0 Å². The summed E-state index contributed by atoms with van der Waals surface area (Å²) in [7, 11) is 1.91. The van der Waals surface area contributed by atoms with Gasteiger partial charge in [-0.1, -0.05) is 13.8 Å². The van der Waals surface area contributed by atoms with E-state index in [1.807, 2.05) is 18.7 Å². The average Bonchev–Trinajstić information content (AvgIpc) is 2.66. The Morgan fingerprint density at radius 3 is 2.36 bits per heavy atom. The number of hydrogen-bond acceptors (Lipinski definition) is 2. The van der Waals surface area contributed by atoms with Gasteiger partial charge in [0.2, 0.25) is 5.91 Å². The molecule has 2 atom stereocenters. The predicted octanol–water partition coefficient (Wildman–Crippen LogP) is 3.66. The maximum absolute atomic E-state index is 13.2. The fraction of sp³-hybridized carbons (Fsp3) is 0.778. The van der Waals surface area contributed by atoms with E-state index in [1.54, 1.807) is 6.20 Å². The van der Waals surface area contributed by atoms with Gasteiger partial charge in [-0.2, -0.15) is 5.10 Å². The molecule has 4 aliphatic rings. The summed E-state index contributed by atoms with van der Waals surface area (Å²) in [6.07, 6.45) is 8.94. The summed E-state index contributed by atoms with van der Waals surface area (Å²) in [6.45, 7) is 6.82. The van der Waals surface area contributed by atoms with Crippen LogP contribution in [0.25, 0.3) is 0 Å². The monoisotopic (exact) mass is 301 g/mol. The number of amides is 1. The molecular weight excluding hydrogens is 274 g/mol. The molecule has 4 fully saturated rings. The lowest BCUT2D eigenvalue weighted by Gasteiger charge is -2.64. The molecule has 120 valence electrons. The molecule has 0 spiro atoms. The van der Waals surface area contributed by atoms with Crippen molar-refractivity contribution in [2.24, 2.45) is 29.2 Å². The van der Waals surface area contributed by atoms with Gasteiger partial charge in [-0.25, -0.2) is 0 Å². The molecule has 5 rings (SSSR count). The third kappa shape index (κ3) is 1.95. The summed E-state index contributed by atoms with van der Waals surface area (Å²) in [4.78, 5) is 13.2. The van der Waals surface area contributed by atoms with Gasteiger partial charge in [-0.05, 0) is 62.2 Å². The number of aromatic nitrogens is 2. The SMILES string of the molecule is Cc1c(NC(=O)C23CC4CC(C)(CC(C)(C4)C2)C3)cnn1C. The lowest BCUT2D eigenvalue weighted by atomic mass is 9.40. The molecule has 4 heteroatoms. The summed E-state index contributed by atoms with van der Waals surface area (Å²) in [5.74, 6) is 0.983. The molecule has 2 unspecified atom stereocenters. The summed E-state index contributed by atoms with van der Waals surface area (Å²) < 4.78 is 1.82. The van der Waals surface area contributed by atoms with E-state index in [0.717, 1.165) is 36.6 Å². The number of nitrogens with zero attached hydrogens (tertiary/aromatic N) is 2. The smallest absolute Gasteiger partial charge is 0.230 e. The number of carbonyl (C=O) groups is 1. The highest BCUT2D eigenvalue weighted by Gasteiger charge is 2.62. The Morgan fingerprint density at radius 1 is 1.23 bits per heavy atom. The van der Waals surface area contributed by atoms with Crippen LogP contribution in [0.15, 0.2) is 6.20 Å². The van der Waals surface area contributed by atoms with Crippen LogP contribution >= 0.6 is 0 Å². The molecule has 1 amide bonds. The van der Waals surface area contributed by atoms with Crippen LogP contribution in [0.5, 0.6) is 0 Å². The average molecular weight is 301 g/mol. The van der Waals surface area contributed by atoms with Crippen molar-refractivity contribution in [1.82, 2.24) is 9.78 Å². The van der Waals surface area contributed by atoms with Crippen molar-refractivity contribution in [3.8, 4) is 0 Å². The first-order valence-corrected chi connectivity index (χ1v) is 8.53. The molecule has 1 heterocycles. The van der Waals surface area contributed by atoms with Gasteiger partial charge in [-0.3, -0.25) is 9.48 Å². The van der Waals surface area contributed by atoms with Crippen molar-refractivity contribution < 1.29 is 4.79 Å². The first-order valence-electron chi connectivity index (χ1n) is 8.53. The predicted molar refractivity (Wildman–Crippen MR) is 86.4 cm³/mol. The van der Waals surface area contributed by atoms with Crippen molar-refractivity contribution in [3.63, 3.8) is 0 Å². The van der Waals surface area contributed by atoms with Crippen LogP contribution in [-0.2, 0) is 11.8 Å². The highest BCUT2D eigenvalue weighted by atomic mass is 16.2. The molecule has 4 aliphatic carbocycles. The topological polar surface area (TPSA) is 46.9 Å². The molecular formula is C18H27N3O. The summed E-state index contributed by atoms with van der Waals surface area (Å²) in [6, 6.07) is 0. The zero-order chi connectivity index (χ0) is 15.8. The van der Waals surface area contributed by atoms with Crippen LogP contribution in [0.3, 0.4) is 0 Å². The largest absolute Gasteiger partial charge is 0.323 e. The fourth-order valence-electron chi connectivity index (χ4n) is 6.58. The van der Waals surface area contributed by atoms with Crippen molar-refractivity contribution in [2.45, 2.75) is 59.3 Å². The second-order valence-electron chi connectivity index (χ2n) is 9.13. The lowest BCUT2D eigenvalue weighted by Crippen LogP contribution is -2.58. The maximum atomic E-state index is 13.2. The van der Waals surface area contributed by atoms with E-state index in [1.165, 1.54) is 19.3 Å². The third-order valence-corrected chi connectivity index (χ3v) is 6.59. The van der Waals surface area contributed by atoms with E-state index in [0.29, 0.717) is 10.8 Å². The van der Waals surface area contributed by atoms with Crippen molar-refractivity contribution >= 4 is 11.6 Å². The number of nitrogens with one attached hydrogen (secondary N) is 1. The Hall–Kier alpha value is -1.32. The first-order chi connectivity index (χ1) is 10.2. The van der Waals surface area contributed by atoms with E-state index in [-0.39, 0.29) is 11.3 Å². The minimum atomic E-state index is -0.148. The zero-order valence-electron chi connectivity index (χ0n) is 14.2. The van der Waals surface area contributed by atoms with Crippen LogP contribution in [0.2, 0.25) is 0 Å². The van der Waals surface area contributed by atoms with Crippen LogP contribution in [0, 0.1) is 29.1 Å². The second kappa shape index (κ2) is 4.15. The Labute approximate surface area is 132 Å². The molecule has 0 saturated heterocycles. The third-order valence-electron chi connectivity index (χ3n) is 6.59. The minimum absolute atomic E-state index is 0.148. The Kier molecular flexibility index (Phi) is 2.69. The van der Waals surface area contributed by atoms with Crippen LogP contribution in [0.1, 0.15) is 58.1 Å². The molecule has 0 aliphatic heterocycles. The van der Waals surface area contributed by atoms with Crippen LogP contribution < -0.4 is 5.32 Å². The fourth-order valence-corrected chi connectivity index (χ4v) is 6.58. The molecule has 1 N–H and O–H groups in total. The van der Waals surface area contributed by atoms with E-state index >= 15 is 0 Å². The molecule has 4 saturated carbocycles. The zero-order valence-corrected chi connectivity index (χ0v) is 14.2. The van der Waals surface area contributed by atoms with Gasteiger partial charge in [0, 0.05) is 7.05 Å². The van der Waals surface area contributed by atoms with Gasteiger partial charge < -0.3 is 5.32 Å². The normalized spacial score (nSPS) is 42.6. The van der Waals surface area contributed by atoms with Crippen LogP contribution in [0.4, 0.5) is 5.69 Å². The quantitative estimate of drug-likeness (QED) is 0.906. The Bertz CT molecular complexity index is 629. The number of rotatable bonds is 2. The molecule has 22 heavy (non-hydrogen) atoms.